The van der Waals surface area contributed by atoms with Crippen molar-refractivity contribution in [2.75, 3.05) is 32.2 Å². The van der Waals surface area contributed by atoms with Crippen LogP contribution in [-0.4, -0.2) is 54.7 Å². The molecule has 31 heavy (non-hydrogen) atoms. The van der Waals surface area contributed by atoms with Crippen LogP contribution in [0.4, 0.5) is 5.69 Å². The number of aliphatic hydroxyl groups excluding tert-OH is 1. The van der Waals surface area contributed by atoms with Gasteiger partial charge in [-0.1, -0.05) is 24.3 Å². The van der Waals surface area contributed by atoms with Crippen molar-refractivity contribution >= 4 is 17.5 Å². The van der Waals surface area contributed by atoms with Gasteiger partial charge in [-0.25, -0.2) is 0 Å². The van der Waals surface area contributed by atoms with Crippen LogP contribution in [0, 0.1) is 5.92 Å². The Morgan fingerprint density at radius 2 is 1.90 bits per heavy atom. The third kappa shape index (κ3) is 5.42. The first-order chi connectivity index (χ1) is 15.0. The molecule has 7 nitrogen and oxygen atoms in total. The first kappa shape index (κ1) is 21.3. The number of rotatable bonds is 8. The zero-order valence-corrected chi connectivity index (χ0v) is 17.6. The molecule has 164 valence electrons. The highest BCUT2D eigenvalue weighted by Gasteiger charge is 2.37. The van der Waals surface area contributed by atoms with Crippen LogP contribution in [0.15, 0.2) is 48.5 Å². The lowest BCUT2D eigenvalue weighted by Gasteiger charge is -2.38. The molecule has 1 saturated carbocycles. The maximum Gasteiger partial charge on any atom is 0.249 e. The van der Waals surface area contributed by atoms with Gasteiger partial charge in [0.25, 0.3) is 0 Å². The summed E-state index contributed by atoms with van der Waals surface area (Å²) >= 11 is 0. The van der Waals surface area contributed by atoms with Crippen LogP contribution in [0.25, 0.3) is 0 Å². The van der Waals surface area contributed by atoms with Crippen LogP contribution in [0.3, 0.4) is 0 Å². The molecule has 1 aliphatic carbocycles. The van der Waals surface area contributed by atoms with Crippen LogP contribution >= 0.6 is 0 Å². The first-order valence-corrected chi connectivity index (χ1v) is 10.6. The van der Waals surface area contributed by atoms with Gasteiger partial charge >= 0.3 is 0 Å². The van der Waals surface area contributed by atoms with Crippen LogP contribution < -0.4 is 10.1 Å². The normalized spacial score (nSPS) is 19.7. The highest BCUT2D eigenvalue weighted by molar-refractivity contribution is 5.92. The molecule has 2 aliphatic rings. The molecular formula is C24H28N2O5. The fraction of sp³-hybridized carbons (Fsp3) is 0.417. The van der Waals surface area contributed by atoms with Crippen molar-refractivity contribution in [2.45, 2.75) is 31.4 Å². The Morgan fingerprint density at radius 1 is 1.19 bits per heavy atom. The number of carbonyl (C=O) groups is 2. The maximum absolute atomic E-state index is 12.3. The predicted molar refractivity (Wildman–Crippen MR) is 116 cm³/mol. The number of ether oxygens (including phenoxy) is 2. The fourth-order valence-corrected chi connectivity index (χ4v) is 3.82. The second-order valence-electron chi connectivity index (χ2n) is 8.21. The molecule has 2 N–H and O–H groups in total. The molecule has 0 aromatic heterocycles. The van der Waals surface area contributed by atoms with Crippen molar-refractivity contribution in [1.29, 1.82) is 0 Å². The lowest BCUT2D eigenvalue weighted by molar-refractivity contribution is -0.154. The summed E-state index contributed by atoms with van der Waals surface area (Å²) in [6.07, 6.45) is 1.69. The van der Waals surface area contributed by atoms with Crippen molar-refractivity contribution in [3.8, 4) is 5.75 Å². The number of methoxy groups -OCH3 is 1. The number of nitrogens with one attached hydrogen (secondary N) is 1. The topological polar surface area (TPSA) is 88.1 Å². The number of aliphatic hydroxyl groups is 1. The van der Waals surface area contributed by atoms with Crippen molar-refractivity contribution < 1.29 is 24.2 Å². The van der Waals surface area contributed by atoms with Gasteiger partial charge in [0.15, 0.2) is 0 Å². The number of hydrogen-bond donors (Lipinski definition) is 2. The summed E-state index contributed by atoms with van der Waals surface area (Å²) in [5.74, 6) is 1.10. The molecule has 0 bridgehead atoms. The number of anilines is 1. The van der Waals surface area contributed by atoms with E-state index < -0.39 is 12.1 Å². The van der Waals surface area contributed by atoms with Crippen molar-refractivity contribution in [3.05, 3.63) is 59.7 Å². The molecule has 2 unspecified atom stereocenters. The lowest BCUT2D eigenvalue weighted by atomic mass is 9.99. The molecule has 4 rings (SSSR count). The number of benzene rings is 2. The van der Waals surface area contributed by atoms with Gasteiger partial charge in [0, 0.05) is 12.2 Å². The van der Waals surface area contributed by atoms with E-state index in [0.29, 0.717) is 30.3 Å². The van der Waals surface area contributed by atoms with E-state index in [9.17, 15) is 14.7 Å². The maximum atomic E-state index is 12.3. The summed E-state index contributed by atoms with van der Waals surface area (Å²) in [4.78, 5) is 26.4. The van der Waals surface area contributed by atoms with Gasteiger partial charge in [0.1, 0.15) is 18.5 Å². The van der Waals surface area contributed by atoms with E-state index in [-0.39, 0.29) is 24.8 Å². The van der Waals surface area contributed by atoms with E-state index in [4.69, 9.17) is 9.47 Å². The monoisotopic (exact) mass is 424 g/mol. The molecule has 1 aliphatic heterocycles. The van der Waals surface area contributed by atoms with E-state index in [2.05, 4.69) is 5.32 Å². The first-order valence-electron chi connectivity index (χ1n) is 10.6. The van der Waals surface area contributed by atoms with Crippen LogP contribution in [-0.2, 0) is 20.7 Å². The molecule has 2 aromatic rings. The van der Waals surface area contributed by atoms with Gasteiger partial charge in [-0.2, -0.15) is 0 Å². The van der Waals surface area contributed by atoms with E-state index in [1.54, 1.807) is 36.3 Å². The van der Waals surface area contributed by atoms with Gasteiger partial charge in [0.2, 0.25) is 11.8 Å². The third-order valence-electron chi connectivity index (χ3n) is 5.81. The fourth-order valence-electron chi connectivity index (χ4n) is 3.82. The summed E-state index contributed by atoms with van der Waals surface area (Å²) in [6.45, 7) is 1.08. The summed E-state index contributed by atoms with van der Waals surface area (Å²) in [5, 5.41) is 13.8. The highest BCUT2D eigenvalue weighted by Crippen LogP contribution is 2.33. The number of nitrogens with zero attached hydrogens (tertiary/aromatic N) is 1. The minimum absolute atomic E-state index is 0.0652. The number of hydrogen-bond acceptors (Lipinski definition) is 5. The van der Waals surface area contributed by atoms with Gasteiger partial charge in [-0.3, -0.25) is 9.59 Å². The van der Waals surface area contributed by atoms with E-state index in [0.717, 1.165) is 24.2 Å². The van der Waals surface area contributed by atoms with Crippen LogP contribution in [0.5, 0.6) is 5.75 Å². The smallest absolute Gasteiger partial charge is 0.249 e. The van der Waals surface area contributed by atoms with E-state index in [1.165, 1.54) is 0 Å². The summed E-state index contributed by atoms with van der Waals surface area (Å²) < 4.78 is 10.5. The largest absolute Gasteiger partial charge is 0.497 e. The predicted octanol–water partition coefficient (Wildman–Crippen LogP) is 2.55. The second kappa shape index (κ2) is 9.49. The summed E-state index contributed by atoms with van der Waals surface area (Å²) in [5.41, 5.74) is 2.24. The van der Waals surface area contributed by atoms with Crippen LogP contribution in [0.1, 0.15) is 30.1 Å². The van der Waals surface area contributed by atoms with Crippen molar-refractivity contribution in [3.63, 3.8) is 0 Å². The van der Waals surface area contributed by atoms with Gasteiger partial charge in [-0.05, 0) is 54.2 Å². The average Bonchev–Trinajstić information content (AvgIpc) is 3.60. The Kier molecular flexibility index (Phi) is 6.53. The molecule has 7 heteroatoms. The van der Waals surface area contributed by atoms with Gasteiger partial charge in [-0.15, -0.1) is 0 Å². The third-order valence-corrected chi connectivity index (χ3v) is 5.81. The SMILES string of the molecule is COc1ccc(CC(=O)Nc2ccc(C(O)C3COCC(=O)N3CC3CC3)cc2)cc1. The average molecular weight is 424 g/mol. The Morgan fingerprint density at radius 3 is 2.55 bits per heavy atom. The number of amides is 2. The number of carbonyl (C=O) groups excluding carboxylic acids is 2. The minimum Gasteiger partial charge on any atom is -0.497 e. The van der Waals surface area contributed by atoms with E-state index >= 15 is 0 Å². The molecule has 1 saturated heterocycles. The van der Waals surface area contributed by atoms with Crippen LogP contribution in [0.2, 0.25) is 0 Å². The standard InChI is InChI=1S/C24H28N2O5/c1-30-20-10-4-16(5-11-20)12-22(27)25-19-8-6-18(7-9-19)24(29)21-14-31-15-23(28)26(21)13-17-2-3-17/h4-11,17,21,24,29H,2-3,12-15H2,1H3,(H,25,27). The van der Waals surface area contributed by atoms with Gasteiger partial charge < -0.3 is 24.8 Å². The summed E-state index contributed by atoms with van der Waals surface area (Å²) in [6, 6.07) is 14.1. The summed E-state index contributed by atoms with van der Waals surface area (Å²) in [7, 11) is 1.60. The Bertz CT molecular complexity index is 909. The Balaban J connectivity index is 1.36. The quantitative estimate of drug-likeness (QED) is 0.680. The number of morpholine rings is 1. The molecule has 2 fully saturated rings. The molecule has 2 atom stereocenters. The molecule has 2 amide bonds. The molecule has 0 spiro atoms. The zero-order chi connectivity index (χ0) is 21.8. The zero-order valence-electron chi connectivity index (χ0n) is 17.6. The molecule has 1 heterocycles. The van der Waals surface area contributed by atoms with Gasteiger partial charge in [0.05, 0.1) is 26.2 Å². The molecule has 2 aromatic carbocycles. The molecular weight excluding hydrogens is 396 g/mol. The lowest BCUT2D eigenvalue weighted by Crippen LogP contribution is -2.52. The Hall–Kier alpha value is -2.90. The van der Waals surface area contributed by atoms with Crippen molar-refractivity contribution in [1.82, 2.24) is 4.90 Å². The molecule has 0 radical (unpaired) electrons. The van der Waals surface area contributed by atoms with E-state index in [1.807, 2.05) is 24.3 Å². The highest BCUT2D eigenvalue weighted by atomic mass is 16.5. The van der Waals surface area contributed by atoms with Crippen molar-refractivity contribution in [2.24, 2.45) is 5.92 Å². The Labute approximate surface area is 182 Å². The minimum atomic E-state index is -0.841. The second-order valence-corrected chi connectivity index (χ2v) is 8.21.